The van der Waals surface area contributed by atoms with Crippen molar-refractivity contribution >= 4 is 38.7 Å². The molecule has 0 radical (unpaired) electrons. The van der Waals surface area contributed by atoms with Gasteiger partial charge in [-0.2, -0.15) is 0 Å². The molecule has 3 aliphatic carbocycles. The van der Waals surface area contributed by atoms with Gasteiger partial charge in [-0.25, -0.2) is 8.42 Å². The van der Waals surface area contributed by atoms with Crippen LogP contribution in [0.15, 0.2) is 47.0 Å². The number of carbonyl (C=O) groups is 2. The number of carbonyl (C=O) groups excluding carboxylic acids is 2. The van der Waals surface area contributed by atoms with Gasteiger partial charge in [0.25, 0.3) is 0 Å². The summed E-state index contributed by atoms with van der Waals surface area (Å²) in [5.41, 5.74) is 10.4. The predicted molar refractivity (Wildman–Crippen MR) is 166 cm³/mol. The molecule has 1 spiro atoms. The third kappa shape index (κ3) is 5.53. The summed E-state index contributed by atoms with van der Waals surface area (Å²) in [5, 5.41) is 3.62. The molecular weight excluding hydrogens is 570 g/mol. The highest BCUT2D eigenvalue weighted by Gasteiger charge is 2.47. The van der Waals surface area contributed by atoms with Crippen LogP contribution < -0.4 is 11.1 Å². The van der Waals surface area contributed by atoms with E-state index in [4.69, 9.17) is 17.3 Å². The normalized spacial score (nSPS) is 27.8. The summed E-state index contributed by atoms with van der Waals surface area (Å²) in [6.45, 7) is 4.41. The number of nitrogens with zero attached hydrogens (tertiary/aromatic N) is 1. The van der Waals surface area contributed by atoms with E-state index in [1.54, 1.807) is 24.3 Å². The van der Waals surface area contributed by atoms with Crippen molar-refractivity contribution in [3.63, 3.8) is 0 Å². The van der Waals surface area contributed by atoms with Crippen molar-refractivity contribution in [3.05, 3.63) is 58.2 Å². The third-order valence-corrected chi connectivity index (χ3v) is 11.7. The maximum Gasteiger partial charge on any atom is 0.234 e. The second-order valence-electron chi connectivity index (χ2n) is 13.2. The van der Waals surface area contributed by atoms with Crippen LogP contribution in [0.1, 0.15) is 56.1 Å². The second-order valence-corrected chi connectivity index (χ2v) is 15.6. The number of Topliss-reactive ketones (excluding diaryl/α,β-unsaturated/α-hetero) is 1. The Morgan fingerprint density at radius 1 is 1.17 bits per heavy atom. The van der Waals surface area contributed by atoms with Crippen molar-refractivity contribution in [2.45, 2.75) is 56.8 Å². The van der Waals surface area contributed by atoms with Crippen LogP contribution >= 0.6 is 11.6 Å². The zero-order valence-corrected chi connectivity index (χ0v) is 26.0. The van der Waals surface area contributed by atoms with E-state index < -0.39 is 15.3 Å². The molecule has 2 aromatic carbocycles. The smallest absolute Gasteiger partial charge is 0.234 e. The molecule has 224 valence electrons. The minimum atomic E-state index is -3.37. The van der Waals surface area contributed by atoms with Gasteiger partial charge in [-0.1, -0.05) is 30.2 Å². The van der Waals surface area contributed by atoms with E-state index in [9.17, 15) is 18.0 Å². The molecule has 42 heavy (non-hydrogen) atoms. The molecule has 4 atom stereocenters. The third-order valence-electron chi connectivity index (χ3n) is 10.2. The second kappa shape index (κ2) is 11.1. The Labute approximate surface area is 253 Å². The van der Waals surface area contributed by atoms with E-state index in [0.717, 1.165) is 43.3 Å². The summed E-state index contributed by atoms with van der Waals surface area (Å²) in [7, 11) is -3.37. The van der Waals surface area contributed by atoms with Gasteiger partial charge in [0.2, 0.25) is 5.91 Å². The molecule has 3 fully saturated rings. The van der Waals surface area contributed by atoms with E-state index in [1.165, 1.54) is 31.9 Å². The molecule has 1 saturated heterocycles. The van der Waals surface area contributed by atoms with Crippen molar-refractivity contribution in [2.75, 3.05) is 32.4 Å². The van der Waals surface area contributed by atoms with Crippen molar-refractivity contribution in [1.82, 2.24) is 10.2 Å². The number of halogens is 1. The first-order chi connectivity index (χ1) is 19.9. The molecule has 1 heterocycles. The number of benzene rings is 2. The van der Waals surface area contributed by atoms with Crippen LogP contribution in [-0.2, 0) is 19.4 Å². The number of fused-ring (bicyclic) bond motifs is 2. The Kier molecular flexibility index (Phi) is 7.77. The van der Waals surface area contributed by atoms with E-state index in [1.807, 2.05) is 19.1 Å². The largest absolute Gasteiger partial charge is 0.401 e. The number of nitrogens with two attached hydrogens (primary N) is 1. The fourth-order valence-corrected chi connectivity index (χ4v) is 9.06. The first-order valence-corrected chi connectivity index (χ1v) is 17.3. The zero-order valence-electron chi connectivity index (χ0n) is 24.4. The average Bonchev–Trinajstić information content (AvgIpc) is 3.62. The molecule has 0 aromatic heterocycles. The number of sulfone groups is 1. The van der Waals surface area contributed by atoms with Crippen LogP contribution in [0, 0.1) is 30.1 Å². The molecule has 2 bridgehead atoms. The fraction of sp³-hybridized carbons (Fsp3) is 0.515. The summed E-state index contributed by atoms with van der Waals surface area (Å²) >= 11 is 6.75. The predicted octanol–water partition coefficient (Wildman–Crippen LogP) is 5.00. The number of aryl methyl sites for hydroxylation is 1. The Hall–Kier alpha value is -2.68. The van der Waals surface area contributed by atoms with Gasteiger partial charge in [-0.3, -0.25) is 14.5 Å². The molecule has 9 heteroatoms. The van der Waals surface area contributed by atoms with E-state index >= 15 is 0 Å². The van der Waals surface area contributed by atoms with Gasteiger partial charge in [0.15, 0.2) is 15.6 Å². The van der Waals surface area contributed by atoms with Gasteiger partial charge >= 0.3 is 0 Å². The SMILES string of the molecule is Cc1cc(-c2cccc(S(C)(=O)=O)c2)c(Cl)cc1C1=C(N)C2(CCCN(CC(=O)NCC3CC4CCC3C4)C2)CC1=O. The molecule has 1 aliphatic heterocycles. The highest BCUT2D eigenvalue weighted by molar-refractivity contribution is 7.90. The molecule has 2 saturated carbocycles. The highest BCUT2D eigenvalue weighted by atomic mass is 35.5. The van der Waals surface area contributed by atoms with Crippen molar-refractivity contribution < 1.29 is 18.0 Å². The van der Waals surface area contributed by atoms with Crippen LogP contribution in [0.2, 0.25) is 5.02 Å². The molecule has 3 N–H and O–H groups in total. The topological polar surface area (TPSA) is 110 Å². The Bertz CT molecular complexity index is 1590. The number of rotatable bonds is 7. The van der Waals surface area contributed by atoms with Crippen LogP contribution in [-0.4, -0.2) is 57.4 Å². The van der Waals surface area contributed by atoms with E-state index in [2.05, 4.69) is 10.2 Å². The summed E-state index contributed by atoms with van der Waals surface area (Å²) < 4.78 is 24.2. The van der Waals surface area contributed by atoms with E-state index in [-0.39, 0.29) is 16.6 Å². The molecule has 1 amide bonds. The summed E-state index contributed by atoms with van der Waals surface area (Å²) in [5.74, 6) is 2.33. The lowest BCUT2D eigenvalue weighted by atomic mass is 9.77. The first kappa shape index (κ1) is 29.4. The molecule has 6 rings (SSSR count). The number of amides is 1. The summed E-state index contributed by atoms with van der Waals surface area (Å²) in [6, 6.07) is 10.4. The minimum absolute atomic E-state index is 0.000998. The minimum Gasteiger partial charge on any atom is -0.401 e. The summed E-state index contributed by atoms with van der Waals surface area (Å²) in [4.78, 5) is 28.8. The van der Waals surface area contributed by atoms with Crippen LogP contribution in [0.3, 0.4) is 0 Å². The quantitative estimate of drug-likeness (QED) is 0.457. The molecule has 2 aromatic rings. The lowest BCUT2D eigenvalue weighted by molar-refractivity contribution is -0.123. The average molecular weight is 610 g/mol. The molecular formula is C33H40ClN3O4S. The van der Waals surface area contributed by atoms with Gasteiger partial charge in [-0.15, -0.1) is 0 Å². The van der Waals surface area contributed by atoms with Gasteiger partial charge < -0.3 is 11.1 Å². The van der Waals surface area contributed by atoms with Gasteiger partial charge in [-0.05, 0) is 104 Å². The number of nitrogens with one attached hydrogen (secondary N) is 1. The molecule has 4 aliphatic rings. The van der Waals surface area contributed by atoms with E-state index in [0.29, 0.717) is 58.4 Å². The summed E-state index contributed by atoms with van der Waals surface area (Å²) in [6.07, 6.45) is 8.43. The van der Waals surface area contributed by atoms with Crippen molar-refractivity contribution in [2.24, 2.45) is 28.9 Å². The van der Waals surface area contributed by atoms with Gasteiger partial charge in [0, 0.05) is 53.0 Å². The Morgan fingerprint density at radius 3 is 2.69 bits per heavy atom. The van der Waals surface area contributed by atoms with Crippen molar-refractivity contribution in [1.29, 1.82) is 0 Å². The maximum atomic E-state index is 13.5. The monoisotopic (exact) mass is 609 g/mol. The lowest BCUT2D eigenvalue weighted by Crippen LogP contribution is -2.49. The Balaban J connectivity index is 1.19. The number of ketones is 1. The number of hydrogen-bond donors (Lipinski definition) is 2. The highest BCUT2D eigenvalue weighted by Crippen LogP contribution is 2.49. The van der Waals surface area contributed by atoms with Crippen LogP contribution in [0.4, 0.5) is 0 Å². The lowest BCUT2D eigenvalue weighted by Gasteiger charge is -2.40. The van der Waals surface area contributed by atoms with Crippen LogP contribution in [0.5, 0.6) is 0 Å². The standard InChI is InChI=1S/C33H40ClN3O4S/c1-20-11-27(23-5-3-6-25(14-23)42(2,40)41)28(34)15-26(20)31-29(38)16-33(32(31)35)9-4-10-37(19-33)18-30(39)36-17-24-13-21-7-8-22(24)12-21/h3,5-6,11,14-15,21-22,24H,4,7-10,12-13,16-19,35H2,1-2H3,(H,36,39). The fourth-order valence-electron chi connectivity index (χ4n) is 8.12. The molecule has 4 unspecified atom stereocenters. The van der Waals surface area contributed by atoms with Gasteiger partial charge in [0.1, 0.15) is 0 Å². The number of likely N-dealkylation sites (tertiary alicyclic amines) is 1. The first-order valence-electron chi connectivity index (χ1n) is 15.1. The van der Waals surface area contributed by atoms with Crippen molar-refractivity contribution in [3.8, 4) is 11.1 Å². The zero-order chi connectivity index (χ0) is 29.8. The Morgan fingerprint density at radius 2 is 1.98 bits per heavy atom. The van der Waals surface area contributed by atoms with Gasteiger partial charge in [0.05, 0.1) is 11.4 Å². The maximum absolute atomic E-state index is 13.5. The van der Waals surface area contributed by atoms with Crippen LogP contribution in [0.25, 0.3) is 16.7 Å². The molecule has 7 nitrogen and oxygen atoms in total. The number of piperidine rings is 1. The number of allylic oxidation sites excluding steroid dienone is 1. The number of hydrogen-bond acceptors (Lipinski definition) is 6.